The van der Waals surface area contributed by atoms with Crippen molar-refractivity contribution < 1.29 is 19.5 Å². The van der Waals surface area contributed by atoms with Crippen LogP contribution in [0.2, 0.25) is 0 Å². The SMILES string of the molecule is CCN(CC(=O)N(C)C)C(=O)Cn1cc(C(=O)O)nn1. The Morgan fingerprint density at radius 3 is 2.40 bits per heavy atom. The molecule has 20 heavy (non-hydrogen) atoms. The Hall–Kier alpha value is -2.45. The first-order valence-electron chi connectivity index (χ1n) is 5.96. The quantitative estimate of drug-likeness (QED) is 0.711. The molecule has 2 amide bonds. The van der Waals surface area contributed by atoms with Crippen LogP contribution in [0.4, 0.5) is 0 Å². The van der Waals surface area contributed by atoms with E-state index < -0.39 is 5.97 Å². The summed E-state index contributed by atoms with van der Waals surface area (Å²) >= 11 is 0. The van der Waals surface area contributed by atoms with E-state index in [9.17, 15) is 14.4 Å². The van der Waals surface area contributed by atoms with Gasteiger partial charge in [-0.05, 0) is 6.92 Å². The zero-order chi connectivity index (χ0) is 15.3. The summed E-state index contributed by atoms with van der Waals surface area (Å²) in [6.45, 7) is 1.95. The van der Waals surface area contributed by atoms with Crippen LogP contribution >= 0.6 is 0 Å². The zero-order valence-electron chi connectivity index (χ0n) is 11.6. The molecule has 0 radical (unpaired) electrons. The van der Waals surface area contributed by atoms with E-state index in [1.54, 1.807) is 21.0 Å². The van der Waals surface area contributed by atoms with Crippen molar-refractivity contribution in [3.63, 3.8) is 0 Å². The smallest absolute Gasteiger partial charge is 0.358 e. The molecular weight excluding hydrogens is 266 g/mol. The summed E-state index contributed by atoms with van der Waals surface area (Å²) in [5, 5.41) is 15.7. The molecule has 0 aliphatic rings. The van der Waals surface area contributed by atoms with Crippen molar-refractivity contribution in [2.45, 2.75) is 13.5 Å². The van der Waals surface area contributed by atoms with Crippen molar-refractivity contribution in [3.8, 4) is 0 Å². The largest absolute Gasteiger partial charge is 0.476 e. The molecule has 9 nitrogen and oxygen atoms in total. The standard InChI is InChI=1S/C11H17N5O4/c1-4-15(6-9(17)14(2)3)10(18)7-16-5-8(11(19)20)12-13-16/h5H,4,6-7H2,1-3H3,(H,19,20). The monoisotopic (exact) mass is 283 g/mol. The summed E-state index contributed by atoms with van der Waals surface area (Å²) < 4.78 is 1.13. The summed E-state index contributed by atoms with van der Waals surface area (Å²) in [4.78, 5) is 37.0. The van der Waals surface area contributed by atoms with Gasteiger partial charge in [0.05, 0.1) is 12.7 Å². The van der Waals surface area contributed by atoms with Crippen molar-refractivity contribution in [2.24, 2.45) is 0 Å². The predicted octanol–water partition coefficient (Wildman–Crippen LogP) is -1.09. The van der Waals surface area contributed by atoms with Crippen LogP contribution in [0.25, 0.3) is 0 Å². The molecule has 1 N–H and O–H groups in total. The first kappa shape index (κ1) is 15.6. The molecule has 1 aromatic heterocycles. The minimum absolute atomic E-state index is 0.0250. The minimum atomic E-state index is -1.21. The van der Waals surface area contributed by atoms with Gasteiger partial charge in [-0.1, -0.05) is 5.21 Å². The van der Waals surface area contributed by atoms with E-state index in [1.807, 2.05) is 0 Å². The molecule has 0 spiro atoms. The molecule has 0 atom stereocenters. The highest BCUT2D eigenvalue weighted by molar-refractivity contribution is 5.85. The summed E-state index contributed by atoms with van der Waals surface area (Å²) in [7, 11) is 3.22. The third-order valence-electron chi connectivity index (χ3n) is 2.61. The number of hydrogen-bond donors (Lipinski definition) is 1. The summed E-state index contributed by atoms with van der Waals surface area (Å²) in [5.41, 5.74) is -0.231. The second-order valence-electron chi connectivity index (χ2n) is 4.30. The topological polar surface area (TPSA) is 109 Å². The number of carboxylic acids is 1. The average Bonchev–Trinajstić information content (AvgIpc) is 2.83. The fourth-order valence-corrected chi connectivity index (χ4v) is 1.39. The van der Waals surface area contributed by atoms with Gasteiger partial charge >= 0.3 is 5.97 Å². The Morgan fingerprint density at radius 2 is 1.95 bits per heavy atom. The number of aromatic carboxylic acids is 1. The van der Waals surface area contributed by atoms with Crippen LogP contribution < -0.4 is 0 Å². The van der Waals surface area contributed by atoms with Gasteiger partial charge in [0.15, 0.2) is 5.69 Å². The molecule has 1 heterocycles. The second-order valence-corrected chi connectivity index (χ2v) is 4.30. The Bertz CT molecular complexity index is 511. The van der Waals surface area contributed by atoms with Crippen LogP contribution in [0.5, 0.6) is 0 Å². The fourth-order valence-electron chi connectivity index (χ4n) is 1.39. The Labute approximate surface area is 115 Å². The third kappa shape index (κ3) is 4.04. The number of aromatic nitrogens is 3. The number of likely N-dealkylation sites (N-methyl/N-ethyl adjacent to an activating group) is 2. The van der Waals surface area contributed by atoms with Crippen LogP contribution in [0.3, 0.4) is 0 Å². The van der Waals surface area contributed by atoms with Gasteiger partial charge in [-0.2, -0.15) is 0 Å². The van der Waals surface area contributed by atoms with E-state index in [-0.39, 0.29) is 30.6 Å². The Balaban J connectivity index is 2.67. The van der Waals surface area contributed by atoms with E-state index in [1.165, 1.54) is 16.0 Å². The molecule has 0 bridgehead atoms. The number of amides is 2. The maximum Gasteiger partial charge on any atom is 0.358 e. The van der Waals surface area contributed by atoms with Gasteiger partial charge in [0.2, 0.25) is 11.8 Å². The summed E-state index contributed by atoms with van der Waals surface area (Å²) in [6, 6.07) is 0. The molecule has 0 fully saturated rings. The third-order valence-corrected chi connectivity index (χ3v) is 2.61. The molecule has 1 aromatic rings. The van der Waals surface area contributed by atoms with Gasteiger partial charge < -0.3 is 14.9 Å². The predicted molar refractivity (Wildman–Crippen MR) is 67.9 cm³/mol. The van der Waals surface area contributed by atoms with Crippen molar-refractivity contribution in [3.05, 3.63) is 11.9 Å². The van der Waals surface area contributed by atoms with E-state index in [0.29, 0.717) is 6.54 Å². The van der Waals surface area contributed by atoms with Gasteiger partial charge in [0, 0.05) is 20.6 Å². The first-order valence-corrected chi connectivity index (χ1v) is 5.96. The second kappa shape index (κ2) is 6.64. The summed E-state index contributed by atoms with van der Waals surface area (Å²) in [5.74, 6) is -1.73. The van der Waals surface area contributed by atoms with E-state index >= 15 is 0 Å². The number of nitrogens with zero attached hydrogens (tertiary/aromatic N) is 5. The van der Waals surface area contributed by atoms with Gasteiger partial charge in [-0.15, -0.1) is 5.10 Å². The number of carbonyl (C=O) groups excluding carboxylic acids is 2. The Morgan fingerprint density at radius 1 is 1.30 bits per heavy atom. The van der Waals surface area contributed by atoms with Crippen LogP contribution in [0, 0.1) is 0 Å². The van der Waals surface area contributed by atoms with Gasteiger partial charge in [-0.3, -0.25) is 9.59 Å². The molecular formula is C11H17N5O4. The van der Waals surface area contributed by atoms with Gasteiger partial charge in [-0.25, -0.2) is 9.48 Å². The van der Waals surface area contributed by atoms with Crippen molar-refractivity contribution >= 4 is 17.8 Å². The fraction of sp³-hybridized carbons (Fsp3) is 0.545. The minimum Gasteiger partial charge on any atom is -0.476 e. The molecule has 110 valence electrons. The van der Waals surface area contributed by atoms with Crippen LogP contribution in [0.15, 0.2) is 6.20 Å². The lowest BCUT2D eigenvalue weighted by Gasteiger charge is -2.22. The zero-order valence-corrected chi connectivity index (χ0v) is 11.6. The van der Waals surface area contributed by atoms with Gasteiger partial charge in [0.25, 0.3) is 0 Å². The molecule has 9 heteroatoms. The maximum absolute atomic E-state index is 12.0. The number of carboxylic acid groups (broad SMARTS) is 1. The molecule has 1 rings (SSSR count). The highest BCUT2D eigenvalue weighted by Gasteiger charge is 2.18. The molecule has 0 aliphatic heterocycles. The highest BCUT2D eigenvalue weighted by atomic mass is 16.4. The number of carbonyl (C=O) groups is 3. The Kier molecular flexibility index (Phi) is 5.18. The van der Waals surface area contributed by atoms with Crippen molar-refractivity contribution in [1.29, 1.82) is 0 Å². The first-order chi connectivity index (χ1) is 9.35. The van der Waals surface area contributed by atoms with Crippen LogP contribution in [-0.2, 0) is 16.1 Å². The average molecular weight is 283 g/mol. The molecule has 0 saturated carbocycles. The number of hydrogen-bond acceptors (Lipinski definition) is 5. The highest BCUT2D eigenvalue weighted by Crippen LogP contribution is 1.97. The lowest BCUT2D eigenvalue weighted by Crippen LogP contribution is -2.41. The van der Waals surface area contributed by atoms with Crippen LogP contribution in [0.1, 0.15) is 17.4 Å². The molecule has 0 saturated heterocycles. The van der Waals surface area contributed by atoms with Crippen molar-refractivity contribution in [1.82, 2.24) is 24.8 Å². The lowest BCUT2D eigenvalue weighted by atomic mass is 10.4. The summed E-state index contributed by atoms with van der Waals surface area (Å²) in [6.07, 6.45) is 1.17. The van der Waals surface area contributed by atoms with Crippen molar-refractivity contribution in [2.75, 3.05) is 27.2 Å². The van der Waals surface area contributed by atoms with E-state index in [2.05, 4.69) is 10.3 Å². The van der Waals surface area contributed by atoms with Crippen LogP contribution in [-0.4, -0.2) is 74.9 Å². The normalized spacial score (nSPS) is 10.2. The lowest BCUT2D eigenvalue weighted by molar-refractivity contribution is -0.139. The number of rotatable bonds is 6. The van der Waals surface area contributed by atoms with E-state index in [0.717, 1.165) is 4.68 Å². The van der Waals surface area contributed by atoms with Gasteiger partial charge in [0.1, 0.15) is 6.54 Å². The molecule has 0 aliphatic carbocycles. The molecule has 0 aromatic carbocycles. The maximum atomic E-state index is 12.0. The molecule has 0 unspecified atom stereocenters. The van der Waals surface area contributed by atoms with E-state index in [4.69, 9.17) is 5.11 Å².